The van der Waals surface area contributed by atoms with Gasteiger partial charge in [-0.1, -0.05) is 25.8 Å². The van der Waals surface area contributed by atoms with Gasteiger partial charge in [-0.25, -0.2) is 0 Å². The molecule has 19 heavy (non-hydrogen) atoms. The van der Waals surface area contributed by atoms with E-state index in [1.54, 1.807) is 6.07 Å². The number of hydrogen-bond acceptors (Lipinski definition) is 2. The minimum Gasteiger partial charge on any atom is -0.506 e. The lowest BCUT2D eigenvalue weighted by Gasteiger charge is -2.30. The molecule has 0 amide bonds. The van der Waals surface area contributed by atoms with E-state index in [4.69, 9.17) is 12.2 Å². The topological polar surface area (TPSA) is 44.3 Å². The number of phenolic OH excluding ortho intramolecular Hbond substituents is 1. The molecule has 0 aromatic heterocycles. The number of anilines is 1. The molecule has 2 rings (SSSR count). The Labute approximate surface area is 120 Å². The molecule has 4 heteroatoms. The molecule has 2 atom stereocenters. The van der Waals surface area contributed by atoms with E-state index in [1.807, 2.05) is 19.1 Å². The highest BCUT2D eigenvalue weighted by Gasteiger charge is 2.21. The van der Waals surface area contributed by atoms with Crippen LogP contribution < -0.4 is 10.6 Å². The summed E-state index contributed by atoms with van der Waals surface area (Å²) in [6, 6.07) is 5.98. The summed E-state index contributed by atoms with van der Waals surface area (Å²) in [5, 5.41) is 16.9. The highest BCUT2D eigenvalue weighted by Crippen LogP contribution is 2.25. The van der Waals surface area contributed by atoms with Crippen LogP contribution in [0.25, 0.3) is 0 Å². The zero-order chi connectivity index (χ0) is 13.8. The average molecular weight is 278 g/mol. The molecule has 0 heterocycles. The molecular weight excluding hydrogens is 256 g/mol. The summed E-state index contributed by atoms with van der Waals surface area (Å²) in [5.41, 5.74) is 1.69. The monoisotopic (exact) mass is 278 g/mol. The Morgan fingerprint density at radius 2 is 2.05 bits per heavy atom. The number of nitrogens with one attached hydrogen (secondary N) is 2. The third-order valence-electron chi connectivity index (χ3n) is 3.83. The van der Waals surface area contributed by atoms with Crippen LogP contribution in [0, 0.1) is 12.8 Å². The summed E-state index contributed by atoms with van der Waals surface area (Å²) in [7, 11) is 0. The molecule has 0 bridgehead atoms. The van der Waals surface area contributed by atoms with Crippen molar-refractivity contribution in [2.45, 2.75) is 45.6 Å². The minimum absolute atomic E-state index is 0.237. The van der Waals surface area contributed by atoms with Crippen LogP contribution in [0.15, 0.2) is 18.2 Å². The molecular formula is C15H22N2OS. The van der Waals surface area contributed by atoms with Crippen molar-refractivity contribution in [1.29, 1.82) is 0 Å². The normalized spacial score (nSPS) is 22.8. The summed E-state index contributed by atoms with van der Waals surface area (Å²) in [6.45, 7) is 4.21. The highest BCUT2D eigenvalue weighted by atomic mass is 32.1. The van der Waals surface area contributed by atoms with E-state index in [0.29, 0.717) is 22.8 Å². The fourth-order valence-corrected chi connectivity index (χ4v) is 2.87. The second-order valence-corrected chi connectivity index (χ2v) is 5.90. The van der Waals surface area contributed by atoms with Crippen molar-refractivity contribution >= 4 is 23.0 Å². The molecule has 3 nitrogen and oxygen atoms in total. The lowest BCUT2D eigenvalue weighted by molar-refractivity contribution is 0.309. The van der Waals surface area contributed by atoms with Gasteiger partial charge in [0.05, 0.1) is 5.69 Å². The van der Waals surface area contributed by atoms with Crippen LogP contribution in [0.3, 0.4) is 0 Å². The van der Waals surface area contributed by atoms with E-state index in [0.717, 1.165) is 5.56 Å². The maximum atomic E-state index is 9.85. The third kappa shape index (κ3) is 3.83. The Morgan fingerprint density at radius 3 is 2.74 bits per heavy atom. The molecule has 1 aliphatic rings. The Balaban J connectivity index is 1.93. The number of phenols is 1. The smallest absolute Gasteiger partial charge is 0.171 e. The van der Waals surface area contributed by atoms with Crippen LogP contribution in [0.2, 0.25) is 0 Å². The van der Waals surface area contributed by atoms with Gasteiger partial charge in [-0.2, -0.15) is 0 Å². The molecule has 1 saturated carbocycles. The molecule has 1 aliphatic carbocycles. The predicted octanol–water partition coefficient (Wildman–Crippen LogP) is 3.57. The number of aryl methyl sites for hydroxylation is 1. The second kappa shape index (κ2) is 6.24. The van der Waals surface area contributed by atoms with Crippen LogP contribution >= 0.6 is 12.2 Å². The van der Waals surface area contributed by atoms with Crippen molar-refractivity contribution in [3.05, 3.63) is 23.8 Å². The van der Waals surface area contributed by atoms with E-state index < -0.39 is 0 Å². The average Bonchev–Trinajstić information content (AvgIpc) is 2.36. The number of benzene rings is 1. The van der Waals surface area contributed by atoms with Crippen molar-refractivity contribution in [1.82, 2.24) is 5.32 Å². The number of thiocarbonyl (C=S) groups is 1. The first-order chi connectivity index (χ1) is 9.06. The fourth-order valence-electron chi connectivity index (χ4n) is 2.60. The second-order valence-electron chi connectivity index (χ2n) is 5.49. The molecule has 0 spiro atoms. The van der Waals surface area contributed by atoms with Gasteiger partial charge in [0, 0.05) is 6.04 Å². The van der Waals surface area contributed by atoms with Crippen molar-refractivity contribution < 1.29 is 5.11 Å². The molecule has 3 N–H and O–H groups in total. The molecule has 0 radical (unpaired) electrons. The molecule has 1 fully saturated rings. The lowest BCUT2D eigenvalue weighted by atomic mass is 9.86. The van der Waals surface area contributed by atoms with Crippen molar-refractivity contribution in [2.75, 3.05) is 5.32 Å². The van der Waals surface area contributed by atoms with E-state index in [9.17, 15) is 5.11 Å². The van der Waals surface area contributed by atoms with Gasteiger partial charge in [-0.3, -0.25) is 0 Å². The van der Waals surface area contributed by atoms with E-state index in [-0.39, 0.29) is 5.75 Å². The van der Waals surface area contributed by atoms with Crippen LogP contribution in [0.5, 0.6) is 5.75 Å². The van der Waals surface area contributed by atoms with Gasteiger partial charge >= 0.3 is 0 Å². The van der Waals surface area contributed by atoms with Crippen molar-refractivity contribution in [3.8, 4) is 5.75 Å². The van der Waals surface area contributed by atoms with Gasteiger partial charge < -0.3 is 15.7 Å². The zero-order valence-corrected chi connectivity index (χ0v) is 12.4. The van der Waals surface area contributed by atoms with Crippen LogP contribution in [-0.4, -0.2) is 16.3 Å². The Morgan fingerprint density at radius 1 is 1.32 bits per heavy atom. The standard InChI is InChI=1S/C15H22N2OS/c1-10-7-8-13(14(18)9-10)17-15(19)16-12-6-4-3-5-11(12)2/h7-9,11-12,18H,3-6H2,1-2H3,(H2,16,17,19)/t11-,12+/m0/s1. The summed E-state index contributed by atoms with van der Waals surface area (Å²) < 4.78 is 0. The molecule has 0 unspecified atom stereocenters. The first kappa shape index (κ1) is 14.1. The maximum Gasteiger partial charge on any atom is 0.171 e. The van der Waals surface area contributed by atoms with Crippen molar-refractivity contribution in [2.24, 2.45) is 5.92 Å². The number of rotatable bonds is 2. The molecule has 1 aromatic carbocycles. The first-order valence-electron chi connectivity index (χ1n) is 6.93. The maximum absolute atomic E-state index is 9.85. The fraction of sp³-hybridized carbons (Fsp3) is 0.533. The first-order valence-corrected chi connectivity index (χ1v) is 7.34. The van der Waals surface area contributed by atoms with Gasteiger partial charge in [-0.05, 0) is 55.6 Å². The quantitative estimate of drug-likeness (QED) is 0.571. The Bertz CT molecular complexity index is 461. The van der Waals surface area contributed by atoms with Gasteiger partial charge in [0.25, 0.3) is 0 Å². The van der Waals surface area contributed by atoms with Crippen LogP contribution in [0.1, 0.15) is 38.2 Å². The zero-order valence-electron chi connectivity index (χ0n) is 11.6. The van der Waals surface area contributed by atoms with Gasteiger partial charge in [0.15, 0.2) is 5.11 Å². The van der Waals surface area contributed by atoms with Gasteiger partial charge in [-0.15, -0.1) is 0 Å². The van der Waals surface area contributed by atoms with Crippen molar-refractivity contribution in [3.63, 3.8) is 0 Å². The minimum atomic E-state index is 0.237. The number of hydrogen-bond donors (Lipinski definition) is 3. The predicted molar refractivity (Wildman–Crippen MR) is 83.6 cm³/mol. The molecule has 1 aromatic rings. The van der Waals surface area contributed by atoms with Gasteiger partial charge in [0.2, 0.25) is 0 Å². The Hall–Kier alpha value is -1.29. The van der Waals surface area contributed by atoms with Gasteiger partial charge in [0.1, 0.15) is 5.75 Å². The molecule has 0 saturated heterocycles. The van der Waals surface area contributed by atoms with E-state index in [1.165, 1.54) is 25.7 Å². The van der Waals surface area contributed by atoms with E-state index >= 15 is 0 Å². The number of aromatic hydroxyl groups is 1. The Kier molecular flexibility index (Phi) is 4.64. The highest BCUT2D eigenvalue weighted by molar-refractivity contribution is 7.80. The van der Waals surface area contributed by atoms with E-state index in [2.05, 4.69) is 17.6 Å². The summed E-state index contributed by atoms with van der Waals surface area (Å²) >= 11 is 5.33. The third-order valence-corrected chi connectivity index (χ3v) is 4.05. The summed E-state index contributed by atoms with van der Waals surface area (Å²) in [6.07, 6.45) is 5.01. The van der Waals surface area contributed by atoms with Crippen LogP contribution in [0.4, 0.5) is 5.69 Å². The SMILES string of the molecule is Cc1ccc(NC(=S)N[C@@H]2CCCC[C@@H]2C)c(O)c1. The molecule has 104 valence electrons. The summed E-state index contributed by atoms with van der Waals surface area (Å²) in [5.74, 6) is 0.890. The molecule has 0 aliphatic heterocycles. The summed E-state index contributed by atoms with van der Waals surface area (Å²) in [4.78, 5) is 0. The van der Waals surface area contributed by atoms with Crippen LogP contribution in [-0.2, 0) is 0 Å². The largest absolute Gasteiger partial charge is 0.506 e. The lowest BCUT2D eigenvalue weighted by Crippen LogP contribution is -2.43.